The Bertz CT molecular complexity index is 1060. The first-order valence-corrected chi connectivity index (χ1v) is 10.1. The molecule has 5 nitrogen and oxygen atoms in total. The minimum Gasteiger partial charge on any atom is -0.274 e. The fourth-order valence-corrected chi connectivity index (χ4v) is 3.71. The molecule has 0 amide bonds. The Balaban J connectivity index is 1.72. The first kappa shape index (κ1) is 18.4. The summed E-state index contributed by atoms with van der Waals surface area (Å²) in [5.74, 6) is 0.975. The van der Waals surface area contributed by atoms with E-state index in [2.05, 4.69) is 49.3 Å². The van der Waals surface area contributed by atoms with Gasteiger partial charge in [0.05, 0.1) is 11.4 Å². The molecule has 136 valence electrons. The average molecular weight is 370 g/mol. The van der Waals surface area contributed by atoms with Gasteiger partial charge in [0.15, 0.2) is 0 Å². The smallest absolute Gasteiger partial charge is 0.272 e. The van der Waals surface area contributed by atoms with Crippen LogP contribution in [0, 0.1) is 20.8 Å². The fraction of sp³-hybridized carbons (Fsp3) is 0.250. The Morgan fingerprint density at radius 2 is 1.69 bits per heavy atom. The second-order valence-electron chi connectivity index (χ2n) is 6.74. The van der Waals surface area contributed by atoms with E-state index >= 15 is 0 Å². The van der Waals surface area contributed by atoms with E-state index < -0.39 is 10.0 Å². The normalized spacial score (nSPS) is 11.7. The minimum atomic E-state index is -3.64. The van der Waals surface area contributed by atoms with Crippen LogP contribution in [0.5, 0.6) is 0 Å². The summed E-state index contributed by atoms with van der Waals surface area (Å²) in [6.45, 7) is 7.08. The second kappa shape index (κ2) is 7.05. The molecule has 0 bridgehead atoms. The summed E-state index contributed by atoms with van der Waals surface area (Å²) in [7, 11) is -3.64. The van der Waals surface area contributed by atoms with Gasteiger partial charge in [-0.25, -0.2) is 18.5 Å². The minimum absolute atomic E-state index is 0.137. The summed E-state index contributed by atoms with van der Waals surface area (Å²) in [5, 5.41) is 9.78. The molecule has 3 rings (SSSR count). The van der Waals surface area contributed by atoms with Gasteiger partial charge in [0.2, 0.25) is 10.0 Å². The van der Waals surface area contributed by atoms with E-state index in [1.807, 2.05) is 0 Å². The Kier molecular flexibility index (Phi) is 4.98. The van der Waals surface area contributed by atoms with Crippen LogP contribution >= 0.6 is 0 Å². The molecule has 6 heteroatoms. The molecule has 0 saturated carbocycles. The molecular weight excluding hydrogens is 346 g/mol. The zero-order valence-electron chi connectivity index (χ0n) is 15.3. The number of aromatic nitrogens is 1. The van der Waals surface area contributed by atoms with Crippen molar-refractivity contribution in [3.8, 4) is 0 Å². The molecule has 4 N–H and O–H groups in total. The van der Waals surface area contributed by atoms with Crippen LogP contribution in [0.25, 0.3) is 10.9 Å². The number of aromatic amines is 1. The van der Waals surface area contributed by atoms with Gasteiger partial charge in [-0.3, -0.25) is 5.32 Å². The Morgan fingerprint density at radius 3 is 2.35 bits per heavy atom. The van der Waals surface area contributed by atoms with Crippen molar-refractivity contribution >= 4 is 26.7 Å². The number of rotatable bonds is 5. The molecule has 0 aliphatic heterocycles. The first-order chi connectivity index (χ1) is 12.2. The van der Waals surface area contributed by atoms with Crippen LogP contribution < -0.4 is 15.4 Å². The van der Waals surface area contributed by atoms with E-state index in [0.717, 1.165) is 29.9 Å². The summed E-state index contributed by atoms with van der Waals surface area (Å²) < 4.78 is 22.6. The highest BCUT2D eigenvalue weighted by Gasteiger charge is 2.11. The topological polar surface area (TPSA) is 86.3 Å². The SMILES string of the molecule is Cc1cc(C)c2[nH+]c(NCCc3ccc(S(N)(=O)=O)cc3)cc(C)c2c1. The van der Waals surface area contributed by atoms with Gasteiger partial charge in [-0.2, -0.15) is 0 Å². The van der Waals surface area contributed by atoms with E-state index in [4.69, 9.17) is 5.14 Å². The molecule has 0 aliphatic rings. The lowest BCUT2D eigenvalue weighted by Crippen LogP contribution is -2.17. The molecular formula is C20H24N3O2S+. The van der Waals surface area contributed by atoms with Crippen molar-refractivity contribution in [2.75, 3.05) is 11.9 Å². The third-order valence-corrected chi connectivity index (χ3v) is 5.44. The van der Waals surface area contributed by atoms with E-state index in [-0.39, 0.29) is 4.90 Å². The van der Waals surface area contributed by atoms with Crippen LogP contribution in [0.15, 0.2) is 47.4 Å². The molecule has 3 aromatic rings. The van der Waals surface area contributed by atoms with Crippen molar-refractivity contribution in [2.24, 2.45) is 5.14 Å². The van der Waals surface area contributed by atoms with Gasteiger partial charge < -0.3 is 0 Å². The zero-order chi connectivity index (χ0) is 18.9. The number of aryl methyl sites for hydroxylation is 3. The van der Waals surface area contributed by atoms with Gasteiger partial charge in [-0.15, -0.1) is 0 Å². The van der Waals surface area contributed by atoms with Gasteiger partial charge in [0, 0.05) is 17.9 Å². The van der Waals surface area contributed by atoms with Crippen LogP contribution in [0.3, 0.4) is 0 Å². The van der Waals surface area contributed by atoms with Crippen molar-refractivity contribution in [1.82, 2.24) is 0 Å². The number of pyridine rings is 1. The predicted octanol–water partition coefficient (Wildman–Crippen LogP) is 2.88. The number of anilines is 1. The maximum Gasteiger partial charge on any atom is 0.272 e. The number of hydrogen-bond acceptors (Lipinski definition) is 3. The summed E-state index contributed by atoms with van der Waals surface area (Å²) in [6, 6.07) is 13.2. The maximum atomic E-state index is 11.3. The molecule has 0 atom stereocenters. The number of nitrogens with one attached hydrogen (secondary N) is 2. The van der Waals surface area contributed by atoms with E-state index in [0.29, 0.717) is 0 Å². The van der Waals surface area contributed by atoms with Gasteiger partial charge in [-0.05, 0) is 61.2 Å². The van der Waals surface area contributed by atoms with Crippen LogP contribution in [0.4, 0.5) is 5.82 Å². The molecule has 0 fully saturated rings. The Morgan fingerprint density at radius 1 is 1.00 bits per heavy atom. The monoisotopic (exact) mass is 370 g/mol. The molecule has 2 aromatic carbocycles. The highest BCUT2D eigenvalue weighted by atomic mass is 32.2. The van der Waals surface area contributed by atoms with Crippen LogP contribution in [0.2, 0.25) is 0 Å². The van der Waals surface area contributed by atoms with Crippen LogP contribution in [-0.2, 0) is 16.4 Å². The van der Waals surface area contributed by atoms with Crippen molar-refractivity contribution in [1.29, 1.82) is 0 Å². The average Bonchev–Trinajstić information content (AvgIpc) is 2.56. The van der Waals surface area contributed by atoms with Gasteiger partial charge in [-0.1, -0.05) is 18.2 Å². The third-order valence-electron chi connectivity index (χ3n) is 4.51. The standard InChI is InChI=1S/C20H23N3O2S/c1-13-10-15(3)20-18(11-13)14(2)12-19(23-20)22-9-8-16-4-6-17(7-5-16)26(21,24)25/h4-7,10-12H,8-9H2,1-3H3,(H,22,23)(H2,21,24,25)/p+1. The highest BCUT2D eigenvalue weighted by Crippen LogP contribution is 2.21. The highest BCUT2D eigenvalue weighted by molar-refractivity contribution is 7.89. The Labute approximate surface area is 154 Å². The Hall–Kier alpha value is -2.44. The largest absolute Gasteiger partial charge is 0.274 e. The van der Waals surface area contributed by atoms with Crippen molar-refractivity contribution in [3.63, 3.8) is 0 Å². The van der Waals surface area contributed by atoms with Crippen molar-refractivity contribution in [3.05, 3.63) is 64.7 Å². The van der Waals surface area contributed by atoms with Gasteiger partial charge >= 0.3 is 0 Å². The van der Waals surface area contributed by atoms with E-state index in [1.54, 1.807) is 24.3 Å². The zero-order valence-corrected chi connectivity index (χ0v) is 16.1. The maximum absolute atomic E-state index is 11.3. The lowest BCUT2D eigenvalue weighted by Gasteiger charge is -2.07. The number of fused-ring (bicyclic) bond motifs is 1. The van der Waals surface area contributed by atoms with E-state index in [9.17, 15) is 8.42 Å². The number of H-pyrrole nitrogens is 1. The van der Waals surface area contributed by atoms with Gasteiger partial charge in [0.25, 0.3) is 5.82 Å². The van der Waals surface area contributed by atoms with Gasteiger partial charge in [0.1, 0.15) is 5.52 Å². The predicted molar refractivity (Wildman–Crippen MR) is 105 cm³/mol. The summed E-state index contributed by atoms with van der Waals surface area (Å²) in [4.78, 5) is 3.61. The lowest BCUT2D eigenvalue weighted by molar-refractivity contribution is -0.327. The number of hydrogen-bond donors (Lipinski definition) is 2. The number of primary sulfonamides is 1. The third kappa shape index (κ3) is 4.03. The fourth-order valence-electron chi connectivity index (χ4n) is 3.19. The van der Waals surface area contributed by atoms with Crippen molar-refractivity contribution in [2.45, 2.75) is 32.1 Å². The molecule has 26 heavy (non-hydrogen) atoms. The summed E-state index contributed by atoms with van der Waals surface area (Å²) in [6.07, 6.45) is 0.780. The summed E-state index contributed by atoms with van der Waals surface area (Å²) in [5.41, 5.74) is 5.91. The lowest BCUT2D eigenvalue weighted by atomic mass is 10.0. The summed E-state index contributed by atoms with van der Waals surface area (Å²) >= 11 is 0. The van der Waals surface area contributed by atoms with Crippen LogP contribution in [-0.4, -0.2) is 15.0 Å². The second-order valence-corrected chi connectivity index (χ2v) is 8.30. The number of sulfonamides is 1. The molecule has 0 spiro atoms. The van der Waals surface area contributed by atoms with E-state index in [1.165, 1.54) is 22.1 Å². The molecule has 0 radical (unpaired) electrons. The van der Waals surface area contributed by atoms with Crippen molar-refractivity contribution < 1.29 is 13.4 Å². The van der Waals surface area contributed by atoms with Crippen LogP contribution in [0.1, 0.15) is 22.3 Å². The molecule has 0 unspecified atom stereocenters. The molecule has 0 saturated heterocycles. The number of benzene rings is 2. The quantitative estimate of drug-likeness (QED) is 0.724. The molecule has 0 aliphatic carbocycles. The molecule has 1 heterocycles. The number of nitrogens with two attached hydrogens (primary N) is 1. The first-order valence-electron chi connectivity index (χ1n) is 8.53. The molecule has 1 aromatic heterocycles.